The zero-order valence-corrected chi connectivity index (χ0v) is 12.3. The number of furan rings is 1. The van der Waals surface area contributed by atoms with Crippen LogP contribution in [0.3, 0.4) is 0 Å². The summed E-state index contributed by atoms with van der Waals surface area (Å²) in [4.78, 5) is 28.5. The summed E-state index contributed by atoms with van der Waals surface area (Å²) in [7, 11) is 0. The topological polar surface area (TPSA) is 53.8 Å². The fourth-order valence-corrected chi connectivity index (χ4v) is 3.33. The van der Waals surface area contributed by atoms with Crippen molar-refractivity contribution in [3.63, 3.8) is 0 Å². The SMILES string of the molecule is O=C(c1ccco1)N1CCCN(C(=O)C2CCCC2)CC1. The zero-order valence-electron chi connectivity index (χ0n) is 12.3. The summed E-state index contributed by atoms with van der Waals surface area (Å²) in [5, 5.41) is 0. The lowest BCUT2D eigenvalue weighted by atomic mass is 10.1. The summed E-state index contributed by atoms with van der Waals surface area (Å²) < 4.78 is 5.17. The number of rotatable bonds is 2. The van der Waals surface area contributed by atoms with Gasteiger partial charge in [0.2, 0.25) is 5.91 Å². The number of carbonyl (C=O) groups excluding carboxylic acids is 2. The van der Waals surface area contributed by atoms with Crippen molar-refractivity contribution < 1.29 is 14.0 Å². The Balaban J connectivity index is 1.59. The molecule has 0 spiro atoms. The fourth-order valence-electron chi connectivity index (χ4n) is 3.33. The maximum Gasteiger partial charge on any atom is 0.289 e. The second-order valence-corrected chi connectivity index (χ2v) is 5.93. The van der Waals surface area contributed by atoms with Crippen molar-refractivity contribution in [3.8, 4) is 0 Å². The van der Waals surface area contributed by atoms with Gasteiger partial charge >= 0.3 is 0 Å². The van der Waals surface area contributed by atoms with Crippen molar-refractivity contribution in [2.45, 2.75) is 32.1 Å². The van der Waals surface area contributed by atoms with Gasteiger partial charge in [0.05, 0.1) is 6.26 Å². The third kappa shape index (κ3) is 3.12. The third-order valence-corrected chi connectivity index (χ3v) is 4.53. The number of amides is 2. The molecule has 1 aliphatic heterocycles. The summed E-state index contributed by atoms with van der Waals surface area (Å²) in [6.45, 7) is 2.69. The molecule has 1 aromatic rings. The highest BCUT2D eigenvalue weighted by Crippen LogP contribution is 2.27. The summed E-state index contributed by atoms with van der Waals surface area (Å²) in [5.74, 6) is 0.817. The molecule has 0 atom stereocenters. The van der Waals surface area contributed by atoms with E-state index in [-0.39, 0.29) is 11.8 Å². The number of nitrogens with zero attached hydrogens (tertiary/aromatic N) is 2. The van der Waals surface area contributed by atoms with Crippen LogP contribution < -0.4 is 0 Å². The van der Waals surface area contributed by atoms with Crippen molar-refractivity contribution in [1.82, 2.24) is 9.80 Å². The lowest BCUT2D eigenvalue weighted by Gasteiger charge is -2.24. The van der Waals surface area contributed by atoms with Gasteiger partial charge in [-0.1, -0.05) is 12.8 Å². The largest absolute Gasteiger partial charge is 0.459 e. The number of hydrogen-bond donors (Lipinski definition) is 0. The van der Waals surface area contributed by atoms with E-state index in [9.17, 15) is 9.59 Å². The molecule has 1 aliphatic carbocycles. The molecular weight excluding hydrogens is 268 g/mol. The molecule has 21 heavy (non-hydrogen) atoms. The van der Waals surface area contributed by atoms with E-state index in [0.29, 0.717) is 31.3 Å². The summed E-state index contributed by atoms with van der Waals surface area (Å²) in [5.41, 5.74) is 0. The van der Waals surface area contributed by atoms with E-state index in [2.05, 4.69) is 0 Å². The second kappa shape index (κ2) is 6.33. The van der Waals surface area contributed by atoms with Crippen LogP contribution in [0.5, 0.6) is 0 Å². The quantitative estimate of drug-likeness (QED) is 0.838. The smallest absolute Gasteiger partial charge is 0.289 e. The Morgan fingerprint density at radius 3 is 2.43 bits per heavy atom. The van der Waals surface area contributed by atoms with Crippen LogP contribution in [-0.4, -0.2) is 47.8 Å². The predicted molar refractivity (Wildman–Crippen MR) is 77.8 cm³/mol. The van der Waals surface area contributed by atoms with Crippen LogP contribution in [0.15, 0.2) is 22.8 Å². The van der Waals surface area contributed by atoms with Crippen molar-refractivity contribution in [1.29, 1.82) is 0 Å². The monoisotopic (exact) mass is 290 g/mol. The third-order valence-electron chi connectivity index (χ3n) is 4.53. The maximum absolute atomic E-state index is 12.5. The Labute approximate surface area is 124 Å². The van der Waals surface area contributed by atoms with Gasteiger partial charge in [-0.05, 0) is 31.4 Å². The molecule has 0 aromatic carbocycles. The standard InChI is InChI=1S/C16H22N2O3/c19-15(13-5-1-2-6-13)17-8-4-9-18(11-10-17)16(20)14-7-3-12-21-14/h3,7,12-13H,1-2,4-6,8-11H2. The van der Waals surface area contributed by atoms with Crippen LogP contribution in [0.1, 0.15) is 42.7 Å². The molecule has 1 saturated heterocycles. The number of carbonyl (C=O) groups is 2. The van der Waals surface area contributed by atoms with Gasteiger partial charge in [0.1, 0.15) is 0 Å². The highest BCUT2D eigenvalue weighted by atomic mass is 16.3. The summed E-state index contributed by atoms with van der Waals surface area (Å²) in [6.07, 6.45) is 6.77. The maximum atomic E-state index is 12.5. The van der Waals surface area contributed by atoms with Gasteiger partial charge in [0.25, 0.3) is 5.91 Å². The Kier molecular flexibility index (Phi) is 4.27. The lowest BCUT2D eigenvalue weighted by molar-refractivity contribution is -0.135. The van der Waals surface area contributed by atoms with Crippen LogP contribution in [0.4, 0.5) is 0 Å². The minimum absolute atomic E-state index is 0.0739. The molecule has 2 aliphatic rings. The molecule has 1 saturated carbocycles. The molecule has 0 radical (unpaired) electrons. The van der Waals surface area contributed by atoms with Crippen LogP contribution in [0, 0.1) is 5.92 Å². The van der Waals surface area contributed by atoms with Crippen molar-refractivity contribution in [2.75, 3.05) is 26.2 Å². The number of hydrogen-bond acceptors (Lipinski definition) is 3. The molecule has 3 rings (SSSR count). The summed E-state index contributed by atoms with van der Waals surface area (Å²) in [6, 6.07) is 3.41. The first-order valence-electron chi connectivity index (χ1n) is 7.87. The van der Waals surface area contributed by atoms with Gasteiger partial charge in [-0.25, -0.2) is 0 Å². The van der Waals surface area contributed by atoms with Gasteiger partial charge < -0.3 is 14.2 Å². The van der Waals surface area contributed by atoms with Crippen LogP contribution in [0.25, 0.3) is 0 Å². The first kappa shape index (κ1) is 14.2. The molecule has 5 heteroatoms. The highest BCUT2D eigenvalue weighted by molar-refractivity contribution is 5.91. The highest BCUT2D eigenvalue weighted by Gasteiger charge is 2.29. The molecular formula is C16H22N2O3. The van der Waals surface area contributed by atoms with Crippen molar-refractivity contribution in [3.05, 3.63) is 24.2 Å². The predicted octanol–water partition coefficient (Wildman–Crippen LogP) is 2.14. The molecule has 0 N–H and O–H groups in total. The average molecular weight is 290 g/mol. The van der Waals surface area contributed by atoms with E-state index in [4.69, 9.17) is 4.42 Å². The normalized spacial score (nSPS) is 20.6. The molecule has 1 aromatic heterocycles. The van der Waals surface area contributed by atoms with E-state index in [0.717, 1.165) is 25.8 Å². The molecule has 0 bridgehead atoms. The van der Waals surface area contributed by atoms with E-state index >= 15 is 0 Å². The van der Waals surface area contributed by atoms with Crippen LogP contribution in [-0.2, 0) is 4.79 Å². The van der Waals surface area contributed by atoms with Gasteiger partial charge in [-0.15, -0.1) is 0 Å². The van der Waals surface area contributed by atoms with E-state index in [1.54, 1.807) is 17.0 Å². The van der Waals surface area contributed by atoms with Crippen molar-refractivity contribution in [2.24, 2.45) is 5.92 Å². The molecule has 2 fully saturated rings. The van der Waals surface area contributed by atoms with Gasteiger partial charge in [-0.2, -0.15) is 0 Å². The van der Waals surface area contributed by atoms with E-state index in [1.807, 2.05) is 4.90 Å². The molecule has 5 nitrogen and oxygen atoms in total. The van der Waals surface area contributed by atoms with E-state index in [1.165, 1.54) is 19.1 Å². The van der Waals surface area contributed by atoms with Crippen LogP contribution >= 0.6 is 0 Å². The first-order chi connectivity index (χ1) is 10.3. The Morgan fingerprint density at radius 1 is 1.00 bits per heavy atom. The molecule has 114 valence electrons. The Morgan fingerprint density at radius 2 is 1.71 bits per heavy atom. The van der Waals surface area contributed by atoms with Crippen LogP contribution in [0.2, 0.25) is 0 Å². The van der Waals surface area contributed by atoms with Gasteiger partial charge in [-0.3, -0.25) is 9.59 Å². The Hall–Kier alpha value is -1.78. The van der Waals surface area contributed by atoms with Gasteiger partial charge in [0, 0.05) is 32.1 Å². The molecule has 0 unspecified atom stereocenters. The van der Waals surface area contributed by atoms with Gasteiger partial charge in [0.15, 0.2) is 5.76 Å². The average Bonchev–Trinajstić information content (AvgIpc) is 3.15. The van der Waals surface area contributed by atoms with E-state index < -0.39 is 0 Å². The van der Waals surface area contributed by atoms with Crippen molar-refractivity contribution >= 4 is 11.8 Å². The minimum Gasteiger partial charge on any atom is -0.459 e. The zero-order chi connectivity index (χ0) is 14.7. The summed E-state index contributed by atoms with van der Waals surface area (Å²) >= 11 is 0. The second-order valence-electron chi connectivity index (χ2n) is 5.93. The Bertz CT molecular complexity index is 492. The molecule has 2 heterocycles. The fraction of sp³-hybridized carbons (Fsp3) is 0.625. The lowest BCUT2D eigenvalue weighted by Crippen LogP contribution is -2.39. The molecule has 2 amide bonds. The minimum atomic E-state index is -0.0739. The first-order valence-corrected chi connectivity index (χ1v) is 7.87.